The summed E-state index contributed by atoms with van der Waals surface area (Å²) >= 11 is 7.53. The van der Waals surface area contributed by atoms with Gasteiger partial charge in [0.25, 0.3) is 0 Å². The number of hydrogen-bond donors (Lipinski definition) is 1. The molecule has 4 heteroatoms. The van der Waals surface area contributed by atoms with Gasteiger partial charge in [0.05, 0.1) is 0 Å². The van der Waals surface area contributed by atoms with Crippen molar-refractivity contribution in [2.75, 3.05) is 11.1 Å². The first-order valence-electron chi connectivity index (χ1n) is 7.75. The largest absolute Gasteiger partial charge is 0.326 e. The van der Waals surface area contributed by atoms with E-state index in [1.807, 2.05) is 43.3 Å². The smallest absolute Gasteiger partial charge is 0.225 e. The average molecular weight is 348 g/mol. The quantitative estimate of drug-likeness (QED) is 0.660. The highest BCUT2D eigenvalue weighted by atomic mass is 35.5. The highest BCUT2D eigenvalue weighted by Crippen LogP contribution is 2.28. The molecule has 23 heavy (non-hydrogen) atoms. The molecule has 0 aliphatic carbocycles. The predicted octanol–water partition coefficient (Wildman–Crippen LogP) is 5.89. The molecule has 0 saturated heterocycles. The third kappa shape index (κ3) is 5.29. The number of aryl methyl sites for hydroxylation is 1. The van der Waals surface area contributed by atoms with Crippen molar-refractivity contribution >= 4 is 35.0 Å². The molecule has 0 aliphatic heterocycles. The number of anilines is 1. The summed E-state index contributed by atoms with van der Waals surface area (Å²) in [7, 11) is 0. The van der Waals surface area contributed by atoms with E-state index in [2.05, 4.69) is 25.2 Å². The number of amides is 1. The average Bonchev–Trinajstić information content (AvgIpc) is 2.51. The lowest BCUT2D eigenvalue weighted by molar-refractivity contribution is -0.115. The molecule has 122 valence electrons. The zero-order valence-corrected chi connectivity index (χ0v) is 15.3. The number of nitrogens with one attached hydrogen (secondary N) is 1. The zero-order chi connectivity index (χ0) is 16.8. The van der Waals surface area contributed by atoms with Crippen molar-refractivity contribution in [2.45, 2.75) is 38.0 Å². The second kappa shape index (κ2) is 8.42. The fourth-order valence-corrected chi connectivity index (χ4v) is 3.31. The molecule has 0 radical (unpaired) electrons. The standard InChI is InChI=1S/C19H22ClNOS/c1-13(2)17-6-4-5-14(3)19(17)21-18(22)11-12-23-16-9-7-15(20)8-10-16/h4-10,13H,11-12H2,1-3H3,(H,21,22). The van der Waals surface area contributed by atoms with Gasteiger partial charge in [-0.15, -0.1) is 11.8 Å². The molecule has 0 spiro atoms. The number of para-hydroxylation sites is 1. The molecule has 0 atom stereocenters. The van der Waals surface area contributed by atoms with Gasteiger partial charge in [0.1, 0.15) is 0 Å². The van der Waals surface area contributed by atoms with Gasteiger partial charge in [-0.2, -0.15) is 0 Å². The number of carbonyl (C=O) groups excluding carboxylic acids is 1. The predicted molar refractivity (Wildman–Crippen MR) is 101 cm³/mol. The van der Waals surface area contributed by atoms with Crippen LogP contribution in [0.5, 0.6) is 0 Å². The van der Waals surface area contributed by atoms with Crippen molar-refractivity contribution in [3.63, 3.8) is 0 Å². The lowest BCUT2D eigenvalue weighted by Gasteiger charge is -2.16. The zero-order valence-electron chi connectivity index (χ0n) is 13.7. The van der Waals surface area contributed by atoms with Gasteiger partial charge in [0.2, 0.25) is 5.91 Å². The Kier molecular flexibility index (Phi) is 6.55. The van der Waals surface area contributed by atoms with Crippen LogP contribution in [0.2, 0.25) is 5.02 Å². The maximum Gasteiger partial charge on any atom is 0.225 e. The second-order valence-electron chi connectivity index (χ2n) is 5.79. The summed E-state index contributed by atoms with van der Waals surface area (Å²) < 4.78 is 0. The molecular formula is C19H22ClNOS. The molecule has 1 amide bonds. The first-order chi connectivity index (χ1) is 11.0. The Balaban J connectivity index is 1.91. The Morgan fingerprint density at radius 3 is 2.52 bits per heavy atom. The molecule has 0 aliphatic rings. The Hall–Kier alpha value is -1.45. The normalized spacial score (nSPS) is 10.8. The molecule has 2 aromatic carbocycles. The van der Waals surface area contributed by atoms with E-state index >= 15 is 0 Å². The highest BCUT2D eigenvalue weighted by molar-refractivity contribution is 7.99. The van der Waals surface area contributed by atoms with E-state index in [9.17, 15) is 4.79 Å². The highest BCUT2D eigenvalue weighted by Gasteiger charge is 2.11. The molecule has 2 nitrogen and oxygen atoms in total. The monoisotopic (exact) mass is 347 g/mol. The molecule has 0 unspecified atom stereocenters. The van der Waals surface area contributed by atoms with E-state index < -0.39 is 0 Å². The first-order valence-corrected chi connectivity index (χ1v) is 9.11. The van der Waals surface area contributed by atoms with Gasteiger partial charge < -0.3 is 5.32 Å². The van der Waals surface area contributed by atoms with Gasteiger partial charge in [0.15, 0.2) is 0 Å². The molecule has 0 fully saturated rings. The van der Waals surface area contributed by atoms with Crippen molar-refractivity contribution in [3.8, 4) is 0 Å². The van der Waals surface area contributed by atoms with E-state index in [0.29, 0.717) is 12.3 Å². The van der Waals surface area contributed by atoms with Crippen molar-refractivity contribution in [2.24, 2.45) is 0 Å². The van der Waals surface area contributed by atoms with Crippen LogP contribution in [-0.4, -0.2) is 11.7 Å². The molecule has 2 rings (SSSR count). The van der Waals surface area contributed by atoms with Crippen LogP contribution in [0.3, 0.4) is 0 Å². The molecule has 0 saturated carbocycles. The van der Waals surface area contributed by atoms with Crippen LogP contribution in [0.1, 0.15) is 37.3 Å². The summed E-state index contributed by atoms with van der Waals surface area (Å²) in [6.45, 7) is 6.31. The minimum atomic E-state index is 0.0580. The van der Waals surface area contributed by atoms with Crippen molar-refractivity contribution < 1.29 is 4.79 Å². The van der Waals surface area contributed by atoms with Crippen LogP contribution in [0.25, 0.3) is 0 Å². The van der Waals surface area contributed by atoms with Gasteiger partial charge in [-0.1, -0.05) is 43.6 Å². The van der Waals surface area contributed by atoms with Crippen LogP contribution < -0.4 is 5.32 Å². The van der Waals surface area contributed by atoms with Crippen molar-refractivity contribution in [1.82, 2.24) is 0 Å². The van der Waals surface area contributed by atoms with E-state index in [-0.39, 0.29) is 5.91 Å². The van der Waals surface area contributed by atoms with Crippen LogP contribution in [-0.2, 0) is 4.79 Å². The number of rotatable bonds is 6. The number of benzene rings is 2. The maximum absolute atomic E-state index is 12.2. The van der Waals surface area contributed by atoms with E-state index in [4.69, 9.17) is 11.6 Å². The third-order valence-electron chi connectivity index (χ3n) is 3.60. The number of thioether (sulfide) groups is 1. The Morgan fingerprint density at radius 2 is 1.87 bits per heavy atom. The number of hydrogen-bond acceptors (Lipinski definition) is 2. The molecule has 0 aromatic heterocycles. The van der Waals surface area contributed by atoms with Gasteiger partial charge in [-0.3, -0.25) is 4.79 Å². The summed E-state index contributed by atoms with van der Waals surface area (Å²) in [6, 6.07) is 13.8. The molecule has 0 heterocycles. The molecule has 0 bridgehead atoms. The lowest BCUT2D eigenvalue weighted by atomic mass is 9.98. The molecule has 2 aromatic rings. The van der Waals surface area contributed by atoms with Gasteiger partial charge in [-0.05, 0) is 48.2 Å². The fraction of sp³-hybridized carbons (Fsp3) is 0.316. The summed E-state index contributed by atoms with van der Waals surface area (Å²) in [4.78, 5) is 13.4. The van der Waals surface area contributed by atoms with Crippen LogP contribution in [0.15, 0.2) is 47.4 Å². The molecule has 1 N–H and O–H groups in total. The first kappa shape index (κ1) is 17.9. The van der Waals surface area contributed by atoms with Gasteiger partial charge in [-0.25, -0.2) is 0 Å². The van der Waals surface area contributed by atoms with E-state index in [0.717, 1.165) is 26.9 Å². The van der Waals surface area contributed by atoms with Crippen molar-refractivity contribution in [3.05, 3.63) is 58.6 Å². The van der Waals surface area contributed by atoms with E-state index in [1.54, 1.807) is 11.8 Å². The minimum absolute atomic E-state index is 0.0580. The van der Waals surface area contributed by atoms with Crippen LogP contribution >= 0.6 is 23.4 Å². The number of carbonyl (C=O) groups is 1. The van der Waals surface area contributed by atoms with Gasteiger partial charge >= 0.3 is 0 Å². The summed E-state index contributed by atoms with van der Waals surface area (Å²) in [5, 5.41) is 3.81. The SMILES string of the molecule is Cc1cccc(C(C)C)c1NC(=O)CCSc1ccc(Cl)cc1. The molecular weight excluding hydrogens is 326 g/mol. The van der Waals surface area contributed by atoms with Crippen LogP contribution in [0, 0.1) is 6.92 Å². The lowest BCUT2D eigenvalue weighted by Crippen LogP contribution is -2.15. The van der Waals surface area contributed by atoms with Gasteiger partial charge in [0, 0.05) is 27.8 Å². The fourth-order valence-electron chi connectivity index (χ4n) is 2.34. The summed E-state index contributed by atoms with van der Waals surface area (Å²) in [6.07, 6.45) is 0.485. The summed E-state index contributed by atoms with van der Waals surface area (Å²) in [5.74, 6) is 1.19. The Morgan fingerprint density at radius 1 is 1.17 bits per heavy atom. The topological polar surface area (TPSA) is 29.1 Å². The Labute approximate surface area is 147 Å². The number of halogens is 1. The van der Waals surface area contributed by atoms with E-state index in [1.165, 1.54) is 5.56 Å². The van der Waals surface area contributed by atoms with Crippen LogP contribution in [0.4, 0.5) is 5.69 Å². The van der Waals surface area contributed by atoms with Crippen molar-refractivity contribution in [1.29, 1.82) is 0 Å². The summed E-state index contributed by atoms with van der Waals surface area (Å²) in [5.41, 5.74) is 3.25. The third-order valence-corrected chi connectivity index (χ3v) is 4.87. The maximum atomic E-state index is 12.2. The minimum Gasteiger partial charge on any atom is -0.326 e. The second-order valence-corrected chi connectivity index (χ2v) is 7.40. The Bertz CT molecular complexity index is 668.